The number of para-hydroxylation sites is 3. The molecule has 63 heavy (non-hydrogen) atoms. The van der Waals surface area contributed by atoms with Crippen molar-refractivity contribution in [1.82, 2.24) is 4.57 Å². The van der Waals surface area contributed by atoms with E-state index in [0.29, 0.717) is 0 Å². The van der Waals surface area contributed by atoms with Gasteiger partial charge in [0.25, 0.3) is 6.71 Å². The molecule has 0 saturated carbocycles. The molecule has 3 nitrogen and oxygen atoms in total. The summed E-state index contributed by atoms with van der Waals surface area (Å²) in [5.41, 5.74) is 23.2. The van der Waals surface area contributed by atoms with E-state index in [0.717, 1.165) is 17.1 Å². The molecular weight excluding hydrogens is 761 g/mol. The molecule has 312 valence electrons. The molecule has 7 aromatic carbocycles. The van der Waals surface area contributed by atoms with E-state index in [-0.39, 0.29) is 28.4 Å². The van der Waals surface area contributed by atoms with Crippen LogP contribution in [0.1, 0.15) is 104 Å². The molecule has 0 spiro atoms. The molecule has 0 atom stereocenters. The van der Waals surface area contributed by atoms with Crippen LogP contribution in [0, 0.1) is 0 Å². The summed E-state index contributed by atoms with van der Waals surface area (Å²) >= 11 is 0. The van der Waals surface area contributed by atoms with Gasteiger partial charge < -0.3 is 14.4 Å². The Balaban J connectivity index is 1.26. The van der Waals surface area contributed by atoms with Crippen LogP contribution >= 0.6 is 0 Å². The van der Waals surface area contributed by atoms with Crippen molar-refractivity contribution >= 4 is 68.1 Å². The predicted octanol–water partition coefficient (Wildman–Crippen LogP) is 13.9. The first-order valence-electron chi connectivity index (χ1n) is 22.9. The molecule has 11 rings (SSSR count). The van der Waals surface area contributed by atoms with E-state index in [2.05, 4.69) is 242 Å². The molecule has 0 unspecified atom stereocenters. The van der Waals surface area contributed by atoms with Gasteiger partial charge in [-0.15, -0.1) is 0 Å². The predicted molar refractivity (Wildman–Crippen MR) is 271 cm³/mol. The Kier molecular flexibility index (Phi) is 8.41. The van der Waals surface area contributed by atoms with E-state index in [1.165, 1.54) is 89.1 Å². The normalized spacial score (nSPS) is 14.7. The number of nitrogens with zero attached hydrogens (tertiary/aromatic N) is 3. The average Bonchev–Trinajstić information content (AvgIpc) is 3.72. The fourth-order valence-corrected chi connectivity index (χ4v) is 11.0. The zero-order valence-corrected chi connectivity index (χ0v) is 38.9. The number of anilines is 6. The molecular formula is C59H58BN3. The van der Waals surface area contributed by atoms with E-state index in [9.17, 15) is 0 Å². The van der Waals surface area contributed by atoms with Gasteiger partial charge in [-0.05, 0) is 127 Å². The fraction of sp³-hybridized carbons (Fsp3) is 0.254. The third-order valence-electron chi connectivity index (χ3n) is 14.4. The Morgan fingerprint density at radius 3 is 1.71 bits per heavy atom. The van der Waals surface area contributed by atoms with Crippen molar-refractivity contribution in [3.63, 3.8) is 0 Å². The van der Waals surface area contributed by atoms with Crippen LogP contribution in [0.4, 0.5) is 34.1 Å². The van der Waals surface area contributed by atoms with Gasteiger partial charge in [-0.2, -0.15) is 0 Å². The standard InChI is InChI=1S/C59H58BN3/c1-56(2,3)37-25-28-42(29-26-37)62-49-36-43(61(40-19-14-12-15-20-40)41-21-16-13-17-22-41)30-32-47(49)60-48-24-18-23-44-52-55(45-33-38(57(4,5)6)27-31-46(45)59(52,10)11)63(54(44)48)51-35-39(58(7,8)9)34-50(62)53(51)60/h12-36H,1-11H3. The van der Waals surface area contributed by atoms with E-state index < -0.39 is 0 Å². The van der Waals surface area contributed by atoms with Crippen molar-refractivity contribution in [3.05, 3.63) is 179 Å². The second kappa shape index (κ2) is 13.4. The highest BCUT2D eigenvalue weighted by Crippen LogP contribution is 2.55. The highest BCUT2D eigenvalue weighted by atomic mass is 15.2. The van der Waals surface area contributed by atoms with Crippen LogP contribution in [0.15, 0.2) is 152 Å². The third kappa shape index (κ3) is 5.86. The Morgan fingerprint density at radius 1 is 0.492 bits per heavy atom. The fourth-order valence-electron chi connectivity index (χ4n) is 11.0. The molecule has 0 amide bonds. The van der Waals surface area contributed by atoms with Crippen molar-refractivity contribution in [2.45, 2.75) is 97.8 Å². The van der Waals surface area contributed by atoms with Crippen LogP contribution < -0.4 is 26.2 Å². The minimum absolute atomic E-state index is 0.0274. The lowest BCUT2D eigenvalue weighted by molar-refractivity contribution is 0.589. The highest BCUT2D eigenvalue weighted by Gasteiger charge is 2.48. The van der Waals surface area contributed by atoms with Crippen molar-refractivity contribution in [2.24, 2.45) is 0 Å². The molecule has 3 aliphatic rings. The van der Waals surface area contributed by atoms with Gasteiger partial charge in [-0.25, -0.2) is 0 Å². The Bertz CT molecular complexity index is 3090. The number of hydrogen-bond donors (Lipinski definition) is 0. The quantitative estimate of drug-likeness (QED) is 0.164. The van der Waals surface area contributed by atoms with E-state index >= 15 is 0 Å². The molecule has 0 radical (unpaired) electrons. The van der Waals surface area contributed by atoms with Crippen molar-refractivity contribution in [2.75, 3.05) is 9.80 Å². The Labute approximate surface area is 375 Å². The minimum atomic E-state index is -0.167. The van der Waals surface area contributed by atoms with Crippen LogP contribution in [0.3, 0.4) is 0 Å². The largest absolute Gasteiger partial charge is 0.311 e. The lowest BCUT2D eigenvalue weighted by Crippen LogP contribution is -2.60. The minimum Gasteiger partial charge on any atom is -0.311 e. The van der Waals surface area contributed by atoms with E-state index in [4.69, 9.17) is 0 Å². The molecule has 1 aromatic heterocycles. The second-order valence-electron chi connectivity index (χ2n) is 21.9. The van der Waals surface area contributed by atoms with Crippen LogP contribution in [0.2, 0.25) is 0 Å². The Morgan fingerprint density at radius 2 is 1.10 bits per heavy atom. The lowest BCUT2D eigenvalue weighted by Gasteiger charge is -2.42. The molecule has 1 aliphatic carbocycles. The van der Waals surface area contributed by atoms with Gasteiger partial charge in [-0.1, -0.05) is 161 Å². The highest BCUT2D eigenvalue weighted by molar-refractivity contribution is 7.00. The number of fused-ring (bicyclic) bond motifs is 9. The summed E-state index contributed by atoms with van der Waals surface area (Å²) in [4.78, 5) is 4.99. The number of benzene rings is 7. The molecule has 2 aliphatic heterocycles. The number of rotatable bonds is 4. The van der Waals surface area contributed by atoms with Gasteiger partial charge in [0.15, 0.2) is 0 Å². The first kappa shape index (κ1) is 39.6. The molecule has 0 saturated heterocycles. The maximum Gasteiger partial charge on any atom is 0.252 e. The van der Waals surface area contributed by atoms with Gasteiger partial charge >= 0.3 is 0 Å². The van der Waals surface area contributed by atoms with Crippen molar-refractivity contribution < 1.29 is 0 Å². The third-order valence-corrected chi connectivity index (χ3v) is 14.4. The van der Waals surface area contributed by atoms with Gasteiger partial charge in [0.1, 0.15) is 0 Å². The number of hydrogen-bond acceptors (Lipinski definition) is 2. The van der Waals surface area contributed by atoms with Crippen molar-refractivity contribution in [1.29, 1.82) is 0 Å². The summed E-state index contributed by atoms with van der Waals surface area (Å²) in [6, 6.07) is 57.8. The summed E-state index contributed by atoms with van der Waals surface area (Å²) < 4.78 is 2.71. The SMILES string of the molecule is CC(C)(C)c1ccc(N2c3cc(N(c4ccccc4)c4ccccc4)ccc3B3c4c2cc(C(C)(C)C)cc4-n2c4c(c5cccc3c52)C(C)(C)c2ccc(C(C)(C)C)cc2-4)cc1. The molecule has 8 aromatic rings. The van der Waals surface area contributed by atoms with Crippen molar-refractivity contribution in [3.8, 4) is 16.9 Å². The van der Waals surface area contributed by atoms with Crippen LogP contribution in [-0.4, -0.2) is 11.3 Å². The molecule has 0 fully saturated rings. The smallest absolute Gasteiger partial charge is 0.252 e. The average molecular weight is 820 g/mol. The first-order chi connectivity index (χ1) is 29.9. The lowest BCUT2D eigenvalue weighted by atomic mass is 9.33. The van der Waals surface area contributed by atoms with Crippen LogP contribution in [-0.2, 0) is 21.7 Å². The van der Waals surface area contributed by atoms with Gasteiger partial charge in [0, 0.05) is 61.7 Å². The number of aromatic nitrogens is 1. The summed E-state index contributed by atoms with van der Waals surface area (Å²) in [5, 5.41) is 1.37. The Hall–Kier alpha value is -6.26. The molecule has 3 heterocycles. The van der Waals surface area contributed by atoms with Gasteiger partial charge in [-0.3, -0.25) is 0 Å². The summed E-state index contributed by atoms with van der Waals surface area (Å²) in [6.07, 6.45) is 0. The van der Waals surface area contributed by atoms with Gasteiger partial charge in [0.2, 0.25) is 0 Å². The van der Waals surface area contributed by atoms with Crippen LogP contribution in [0.25, 0.3) is 27.8 Å². The molecule has 0 bridgehead atoms. The summed E-state index contributed by atoms with van der Waals surface area (Å²) in [5.74, 6) is 0. The monoisotopic (exact) mass is 819 g/mol. The van der Waals surface area contributed by atoms with E-state index in [1.807, 2.05) is 0 Å². The maximum absolute atomic E-state index is 2.71. The van der Waals surface area contributed by atoms with Gasteiger partial charge in [0.05, 0.1) is 5.69 Å². The molecule has 0 N–H and O–H groups in total. The summed E-state index contributed by atoms with van der Waals surface area (Å²) in [6.45, 7) is 26.0. The second-order valence-corrected chi connectivity index (χ2v) is 21.9. The summed E-state index contributed by atoms with van der Waals surface area (Å²) in [7, 11) is 0. The van der Waals surface area contributed by atoms with E-state index in [1.54, 1.807) is 0 Å². The topological polar surface area (TPSA) is 11.4 Å². The first-order valence-corrected chi connectivity index (χ1v) is 22.9. The zero-order valence-electron chi connectivity index (χ0n) is 38.9. The zero-order chi connectivity index (χ0) is 44.0. The van der Waals surface area contributed by atoms with Crippen LogP contribution in [0.5, 0.6) is 0 Å². The molecule has 4 heteroatoms. The maximum atomic E-state index is 2.71.